The van der Waals surface area contributed by atoms with Crippen LogP contribution in [0.5, 0.6) is 0 Å². The number of aryl methyl sites for hydroxylation is 2. The van der Waals surface area contributed by atoms with E-state index in [-0.39, 0.29) is 17.4 Å². The molecule has 0 unspecified atom stereocenters. The fourth-order valence-electron chi connectivity index (χ4n) is 2.44. The fraction of sp³-hybridized carbons (Fsp3) is 0.150. The Morgan fingerprint density at radius 1 is 1.04 bits per heavy atom. The van der Waals surface area contributed by atoms with Gasteiger partial charge >= 0.3 is 0 Å². The molecule has 1 aromatic heterocycles. The molecule has 1 amide bonds. The molecule has 0 spiro atoms. The van der Waals surface area contributed by atoms with Crippen LogP contribution in [-0.2, 0) is 6.54 Å². The normalized spacial score (nSPS) is 10.4. The Morgan fingerprint density at radius 3 is 2.54 bits per heavy atom. The van der Waals surface area contributed by atoms with E-state index < -0.39 is 0 Å². The van der Waals surface area contributed by atoms with E-state index in [4.69, 9.17) is 0 Å². The maximum atomic E-state index is 13.3. The highest BCUT2D eigenvalue weighted by Crippen LogP contribution is 2.16. The van der Waals surface area contributed by atoms with E-state index in [0.717, 1.165) is 5.56 Å². The summed E-state index contributed by atoms with van der Waals surface area (Å²) >= 11 is 0. The van der Waals surface area contributed by atoms with Gasteiger partial charge in [-0.2, -0.15) is 0 Å². The molecule has 0 fully saturated rings. The van der Waals surface area contributed by atoms with Crippen molar-refractivity contribution in [3.05, 3.63) is 83.1 Å². The van der Waals surface area contributed by atoms with Crippen molar-refractivity contribution in [2.24, 2.45) is 0 Å². The van der Waals surface area contributed by atoms with Crippen LogP contribution in [0.4, 0.5) is 15.9 Å². The van der Waals surface area contributed by atoms with Crippen LogP contribution >= 0.6 is 0 Å². The first-order valence-corrected chi connectivity index (χ1v) is 8.21. The average molecular weight is 350 g/mol. The molecule has 0 aliphatic carbocycles. The first-order chi connectivity index (χ1) is 12.5. The largest absolute Gasteiger partial charge is 0.347 e. The molecular formula is C20H19FN4O. The van der Waals surface area contributed by atoms with Gasteiger partial charge in [-0.3, -0.25) is 4.79 Å². The Bertz CT molecular complexity index is 925. The SMILES string of the molecule is Cc1ccc(CNC(=O)c2cc(Nc3cccc(F)c3)nc(C)n2)cc1. The van der Waals surface area contributed by atoms with Crippen LogP contribution in [0, 0.1) is 19.7 Å². The fourth-order valence-corrected chi connectivity index (χ4v) is 2.44. The molecule has 5 nitrogen and oxygen atoms in total. The third kappa shape index (κ3) is 4.63. The van der Waals surface area contributed by atoms with Crippen molar-refractivity contribution in [3.63, 3.8) is 0 Å². The van der Waals surface area contributed by atoms with E-state index in [1.807, 2.05) is 31.2 Å². The Labute approximate surface area is 151 Å². The van der Waals surface area contributed by atoms with Crippen LogP contribution in [0.15, 0.2) is 54.6 Å². The van der Waals surface area contributed by atoms with Gasteiger partial charge in [-0.25, -0.2) is 14.4 Å². The molecule has 0 atom stereocenters. The smallest absolute Gasteiger partial charge is 0.270 e. The predicted octanol–water partition coefficient (Wildman–Crippen LogP) is 3.91. The first-order valence-electron chi connectivity index (χ1n) is 8.21. The lowest BCUT2D eigenvalue weighted by Crippen LogP contribution is -2.24. The van der Waals surface area contributed by atoms with Crippen LogP contribution in [0.2, 0.25) is 0 Å². The Morgan fingerprint density at radius 2 is 1.81 bits per heavy atom. The summed E-state index contributed by atoms with van der Waals surface area (Å²) in [5.41, 5.74) is 2.98. The second-order valence-corrected chi connectivity index (χ2v) is 5.99. The topological polar surface area (TPSA) is 66.9 Å². The van der Waals surface area contributed by atoms with Gasteiger partial charge in [0.25, 0.3) is 5.91 Å². The number of nitrogens with zero attached hydrogens (tertiary/aromatic N) is 2. The van der Waals surface area contributed by atoms with Crippen molar-refractivity contribution in [1.29, 1.82) is 0 Å². The Hall–Kier alpha value is -3.28. The molecule has 2 N–H and O–H groups in total. The zero-order valence-corrected chi connectivity index (χ0v) is 14.6. The number of anilines is 2. The van der Waals surface area contributed by atoms with Crippen LogP contribution in [0.1, 0.15) is 27.4 Å². The number of amides is 1. The van der Waals surface area contributed by atoms with Gasteiger partial charge in [0.15, 0.2) is 0 Å². The van der Waals surface area contributed by atoms with Crippen molar-refractivity contribution < 1.29 is 9.18 Å². The molecule has 6 heteroatoms. The van der Waals surface area contributed by atoms with Gasteiger partial charge in [0.05, 0.1) is 0 Å². The van der Waals surface area contributed by atoms with Crippen molar-refractivity contribution >= 4 is 17.4 Å². The summed E-state index contributed by atoms with van der Waals surface area (Å²) in [5.74, 6) is 0.241. The van der Waals surface area contributed by atoms with Crippen molar-refractivity contribution in [2.45, 2.75) is 20.4 Å². The van der Waals surface area contributed by atoms with Crippen LogP contribution in [0.25, 0.3) is 0 Å². The van der Waals surface area contributed by atoms with Gasteiger partial charge in [-0.15, -0.1) is 0 Å². The molecule has 1 heterocycles. The van der Waals surface area contributed by atoms with E-state index in [2.05, 4.69) is 20.6 Å². The minimum atomic E-state index is -0.350. The monoisotopic (exact) mass is 350 g/mol. The number of carbonyl (C=O) groups is 1. The van der Waals surface area contributed by atoms with Gasteiger partial charge in [-0.05, 0) is 37.6 Å². The van der Waals surface area contributed by atoms with E-state index in [9.17, 15) is 9.18 Å². The highest BCUT2D eigenvalue weighted by Gasteiger charge is 2.11. The molecule has 3 aromatic rings. The Kier molecular flexibility index (Phi) is 5.22. The molecule has 3 rings (SSSR count). The number of benzene rings is 2. The lowest BCUT2D eigenvalue weighted by molar-refractivity contribution is 0.0945. The summed E-state index contributed by atoms with van der Waals surface area (Å²) in [6, 6.07) is 15.5. The number of hydrogen-bond acceptors (Lipinski definition) is 4. The summed E-state index contributed by atoms with van der Waals surface area (Å²) in [6.07, 6.45) is 0. The van der Waals surface area contributed by atoms with Crippen molar-refractivity contribution in [1.82, 2.24) is 15.3 Å². The maximum Gasteiger partial charge on any atom is 0.270 e. The Balaban J connectivity index is 1.71. The number of aromatic nitrogens is 2. The van der Waals surface area contributed by atoms with E-state index in [0.29, 0.717) is 23.9 Å². The highest BCUT2D eigenvalue weighted by molar-refractivity contribution is 5.93. The number of carbonyl (C=O) groups excluding carboxylic acids is 1. The van der Waals surface area contributed by atoms with Gasteiger partial charge in [0.1, 0.15) is 23.2 Å². The molecule has 2 aromatic carbocycles. The summed E-state index contributed by atoms with van der Waals surface area (Å²) in [6.45, 7) is 4.13. The number of halogens is 1. The van der Waals surface area contributed by atoms with Crippen molar-refractivity contribution in [2.75, 3.05) is 5.32 Å². The average Bonchev–Trinajstić information content (AvgIpc) is 2.60. The molecular weight excluding hydrogens is 331 g/mol. The summed E-state index contributed by atoms with van der Waals surface area (Å²) < 4.78 is 13.3. The van der Waals surface area contributed by atoms with E-state index in [1.165, 1.54) is 17.7 Å². The van der Waals surface area contributed by atoms with Crippen molar-refractivity contribution in [3.8, 4) is 0 Å². The number of nitrogens with one attached hydrogen (secondary N) is 2. The quantitative estimate of drug-likeness (QED) is 0.732. The van der Waals surface area contributed by atoms with Crippen LogP contribution < -0.4 is 10.6 Å². The molecule has 0 aliphatic rings. The summed E-state index contributed by atoms with van der Waals surface area (Å²) in [7, 11) is 0. The second-order valence-electron chi connectivity index (χ2n) is 5.99. The molecule has 26 heavy (non-hydrogen) atoms. The standard InChI is InChI=1S/C20H19FN4O/c1-13-6-8-15(9-7-13)12-22-20(26)18-11-19(24-14(2)23-18)25-17-5-3-4-16(21)10-17/h3-11H,12H2,1-2H3,(H,22,26)(H,23,24,25). The maximum absolute atomic E-state index is 13.3. The van der Waals surface area contributed by atoms with Crippen LogP contribution in [0.3, 0.4) is 0 Å². The van der Waals surface area contributed by atoms with Gasteiger partial charge in [0.2, 0.25) is 0 Å². The number of hydrogen-bond donors (Lipinski definition) is 2. The third-order valence-corrected chi connectivity index (χ3v) is 3.74. The summed E-state index contributed by atoms with van der Waals surface area (Å²) in [5, 5.41) is 5.83. The molecule has 0 aliphatic heterocycles. The molecule has 0 saturated heterocycles. The first kappa shape index (κ1) is 17.5. The zero-order valence-electron chi connectivity index (χ0n) is 14.6. The number of rotatable bonds is 5. The van der Waals surface area contributed by atoms with E-state index >= 15 is 0 Å². The highest BCUT2D eigenvalue weighted by atomic mass is 19.1. The molecule has 0 saturated carbocycles. The minimum Gasteiger partial charge on any atom is -0.347 e. The van der Waals surface area contributed by atoms with Gasteiger partial charge < -0.3 is 10.6 Å². The predicted molar refractivity (Wildman–Crippen MR) is 98.8 cm³/mol. The van der Waals surface area contributed by atoms with Crippen LogP contribution in [-0.4, -0.2) is 15.9 Å². The zero-order chi connectivity index (χ0) is 18.5. The van der Waals surface area contributed by atoms with Gasteiger partial charge in [-0.1, -0.05) is 35.9 Å². The molecule has 132 valence electrons. The molecule has 0 radical (unpaired) electrons. The lowest BCUT2D eigenvalue weighted by Gasteiger charge is -2.09. The van der Waals surface area contributed by atoms with E-state index in [1.54, 1.807) is 25.1 Å². The second kappa shape index (κ2) is 7.74. The lowest BCUT2D eigenvalue weighted by atomic mass is 10.1. The third-order valence-electron chi connectivity index (χ3n) is 3.74. The van der Waals surface area contributed by atoms with Gasteiger partial charge in [0, 0.05) is 18.3 Å². The minimum absolute atomic E-state index is 0.253. The molecule has 0 bridgehead atoms. The summed E-state index contributed by atoms with van der Waals surface area (Å²) in [4.78, 5) is 20.8.